The van der Waals surface area contributed by atoms with Gasteiger partial charge in [0.05, 0.1) is 22.6 Å². The van der Waals surface area contributed by atoms with Crippen LogP contribution in [0.3, 0.4) is 0 Å². The third kappa shape index (κ3) is 2.96. The van der Waals surface area contributed by atoms with Crippen molar-refractivity contribution in [3.63, 3.8) is 0 Å². The molecule has 0 unspecified atom stereocenters. The molecule has 3 nitrogen and oxygen atoms in total. The van der Waals surface area contributed by atoms with Crippen LogP contribution in [0.2, 0.25) is 5.02 Å². The predicted octanol–water partition coefficient (Wildman–Crippen LogP) is 3.23. The molecule has 0 amide bonds. The Hall–Kier alpha value is -1.13. The summed E-state index contributed by atoms with van der Waals surface area (Å²) in [7, 11) is 0. The molecule has 17 heavy (non-hydrogen) atoms. The average molecular weight is 274 g/mol. The Morgan fingerprint density at radius 3 is 2.88 bits per heavy atom. The molecule has 0 bridgehead atoms. The zero-order chi connectivity index (χ0) is 12.3. The molecule has 0 aliphatic rings. The van der Waals surface area contributed by atoms with Crippen LogP contribution >= 0.6 is 23.2 Å². The lowest BCUT2D eigenvalue weighted by atomic mass is 10.3. The normalized spacial score (nSPS) is 10.8. The SMILES string of the molecule is Fc1ccc(-n2cc(CCCCl)nn2)cc1Cl. The molecule has 6 heteroatoms. The maximum Gasteiger partial charge on any atom is 0.141 e. The van der Waals surface area contributed by atoms with Gasteiger partial charge in [0.1, 0.15) is 5.82 Å². The first kappa shape index (κ1) is 12.3. The van der Waals surface area contributed by atoms with Crippen LogP contribution in [0.5, 0.6) is 0 Å². The van der Waals surface area contributed by atoms with E-state index in [9.17, 15) is 4.39 Å². The molecule has 1 aromatic heterocycles. The molecule has 2 rings (SSSR count). The van der Waals surface area contributed by atoms with E-state index in [1.165, 1.54) is 12.1 Å². The standard InChI is InChI=1S/C11H10Cl2FN3/c12-5-1-2-8-7-17(16-15-8)9-3-4-11(14)10(13)6-9/h3-4,6-7H,1-2,5H2. The van der Waals surface area contributed by atoms with E-state index in [4.69, 9.17) is 23.2 Å². The van der Waals surface area contributed by atoms with Crippen molar-refractivity contribution in [2.24, 2.45) is 0 Å². The summed E-state index contributed by atoms with van der Waals surface area (Å²) in [6.45, 7) is 0. The number of halogens is 3. The topological polar surface area (TPSA) is 30.7 Å². The minimum Gasteiger partial charge on any atom is -0.220 e. The second kappa shape index (κ2) is 5.47. The van der Waals surface area contributed by atoms with E-state index in [2.05, 4.69) is 10.3 Å². The maximum absolute atomic E-state index is 13.0. The van der Waals surface area contributed by atoms with E-state index in [0.29, 0.717) is 11.6 Å². The number of hydrogen-bond acceptors (Lipinski definition) is 2. The zero-order valence-electron chi connectivity index (χ0n) is 8.91. The quantitative estimate of drug-likeness (QED) is 0.801. The van der Waals surface area contributed by atoms with E-state index in [0.717, 1.165) is 18.5 Å². The van der Waals surface area contributed by atoms with Crippen LogP contribution in [-0.2, 0) is 6.42 Å². The molecule has 0 radical (unpaired) electrons. The van der Waals surface area contributed by atoms with Crippen LogP contribution in [-0.4, -0.2) is 20.9 Å². The average Bonchev–Trinajstić information content (AvgIpc) is 2.79. The van der Waals surface area contributed by atoms with Gasteiger partial charge in [0.25, 0.3) is 0 Å². The number of nitrogens with zero attached hydrogens (tertiary/aromatic N) is 3. The van der Waals surface area contributed by atoms with Gasteiger partial charge in [0, 0.05) is 5.88 Å². The molecule has 1 aromatic carbocycles. The Morgan fingerprint density at radius 1 is 1.35 bits per heavy atom. The first-order chi connectivity index (χ1) is 8.20. The highest BCUT2D eigenvalue weighted by Crippen LogP contribution is 2.18. The summed E-state index contributed by atoms with van der Waals surface area (Å²) < 4.78 is 14.6. The summed E-state index contributed by atoms with van der Waals surface area (Å²) in [4.78, 5) is 0. The summed E-state index contributed by atoms with van der Waals surface area (Å²) in [5.41, 5.74) is 1.53. The van der Waals surface area contributed by atoms with E-state index >= 15 is 0 Å². The third-order valence-electron chi connectivity index (χ3n) is 2.28. The highest BCUT2D eigenvalue weighted by atomic mass is 35.5. The third-order valence-corrected chi connectivity index (χ3v) is 2.83. The fourth-order valence-electron chi connectivity index (χ4n) is 1.41. The minimum atomic E-state index is -0.446. The van der Waals surface area contributed by atoms with Gasteiger partial charge in [0.2, 0.25) is 0 Å². The van der Waals surface area contributed by atoms with Crippen molar-refractivity contribution in [1.29, 1.82) is 0 Å². The van der Waals surface area contributed by atoms with E-state index in [1.54, 1.807) is 16.9 Å². The molecule has 0 aliphatic carbocycles. The van der Waals surface area contributed by atoms with E-state index in [1.807, 2.05) is 0 Å². The van der Waals surface area contributed by atoms with Gasteiger partial charge in [-0.25, -0.2) is 9.07 Å². The van der Waals surface area contributed by atoms with Crippen molar-refractivity contribution in [3.05, 3.63) is 40.9 Å². The Labute approximate surface area is 108 Å². The van der Waals surface area contributed by atoms with Crippen molar-refractivity contribution >= 4 is 23.2 Å². The molecule has 1 heterocycles. The first-order valence-electron chi connectivity index (χ1n) is 5.13. The molecule has 0 spiro atoms. The predicted molar refractivity (Wildman–Crippen MR) is 65.4 cm³/mol. The highest BCUT2D eigenvalue weighted by molar-refractivity contribution is 6.30. The summed E-state index contributed by atoms with van der Waals surface area (Å²) in [5, 5.41) is 8.02. The number of rotatable bonds is 4. The van der Waals surface area contributed by atoms with Crippen molar-refractivity contribution in [3.8, 4) is 5.69 Å². The van der Waals surface area contributed by atoms with Gasteiger partial charge < -0.3 is 0 Å². The summed E-state index contributed by atoms with van der Waals surface area (Å²) >= 11 is 11.3. The van der Waals surface area contributed by atoms with Crippen molar-refractivity contribution in [2.75, 3.05) is 5.88 Å². The molecule has 0 fully saturated rings. The van der Waals surface area contributed by atoms with Gasteiger partial charge in [-0.2, -0.15) is 0 Å². The lowest BCUT2D eigenvalue weighted by molar-refractivity contribution is 0.627. The second-order valence-corrected chi connectivity index (χ2v) is 4.33. The van der Waals surface area contributed by atoms with E-state index < -0.39 is 5.82 Å². The van der Waals surface area contributed by atoms with Gasteiger partial charge in [-0.05, 0) is 31.0 Å². The maximum atomic E-state index is 13.0. The number of aromatic nitrogens is 3. The monoisotopic (exact) mass is 273 g/mol. The van der Waals surface area contributed by atoms with E-state index in [-0.39, 0.29) is 5.02 Å². The second-order valence-electron chi connectivity index (χ2n) is 3.55. The molecule has 0 saturated carbocycles. The fourth-order valence-corrected chi connectivity index (χ4v) is 1.72. The van der Waals surface area contributed by atoms with Crippen LogP contribution in [0.15, 0.2) is 24.4 Å². The van der Waals surface area contributed by atoms with Gasteiger partial charge in [-0.1, -0.05) is 16.8 Å². The highest BCUT2D eigenvalue weighted by Gasteiger charge is 2.05. The van der Waals surface area contributed by atoms with Crippen LogP contribution in [0.4, 0.5) is 4.39 Å². The summed E-state index contributed by atoms with van der Waals surface area (Å²) in [6.07, 6.45) is 3.42. The number of hydrogen-bond donors (Lipinski definition) is 0. The molecule has 0 atom stereocenters. The first-order valence-corrected chi connectivity index (χ1v) is 6.04. The van der Waals surface area contributed by atoms with Gasteiger partial charge in [-0.3, -0.25) is 0 Å². The largest absolute Gasteiger partial charge is 0.220 e. The number of alkyl halides is 1. The van der Waals surface area contributed by atoms with Gasteiger partial charge in [-0.15, -0.1) is 16.7 Å². The van der Waals surface area contributed by atoms with Crippen molar-refractivity contribution < 1.29 is 4.39 Å². The Kier molecular flexibility index (Phi) is 3.97. The fraction of sp³-hybridized carbons (Fsp3) is 0.273. The molecular weight excluding hydrogens is 264 g/mol. The molecule has 0 N–H and O–H groups in total. The summed E-state index contributed by atoms with van der Waals surface area (Å²) in [6, 6.07) is 4.41. The van der Waals surface area contributed by atoms with Gasteiger partial charge in [0.15, 0.2) is 0 Å². The van der Waals surface area contributed by atoms with Crippen LogP contribution in [0.1, 0.15) is 12.1 Å². The van der Waals surface area contributed by atoms with Crippen LogP contribution < -0.4 is 0 Å². The lowest BCUT2D eigenvalue weighted by Gasteiger charge is -2.00. The van der Waals surface area contributed by atoms with Crippen molar-refractivity contribution in [1.82, 2.24) is 15.0 Å². The molecule has 90 valence electrons. The zero-order valence-corrected chi connectivity index (χ0v) is 10.4. The minimum absolute atomic E-state index is 0.0697. The van der Waals surface area contributed by atoms with Crippen LogP contribution in [0, 0.1) is 5.82 Å². The van der Waals surface area contributed by atoms with Crippen molar-refractivity contribution in [2.45, 2.75) is 12.8 Å². The Morgan fingerprint density at radius 2 is 2.18 bits per heavy atom. The Balaban J connectivity index is 2.21. The molecule has 0 saturated heterocycles. The Bertz CT molecular complexity index is 513. The molecular formula is C11H10Cl2FN3. The summed E-state index contributed by atoms with van der Waals surface area (Å²) in [5.74, 6) is 0.146. The number of benzene rings is 1. The number of aryl methyl sites for hydroxylation is 1. The van der Waals surface area contributed by atoms with Gasteiger partial charge >= 0.3 is 0 Å². The smallest absolute Gasteiger partial charge is 0.141 e. The molecule has 2 aromatic rings. The van der Waals surface area contributed by atoms with Crippen LogP contribution in [0.25, 0.3) is 5.69 Å². The molecule has 0 aliphatic heterocycles. The lowest BCUT2D eigenvalue weighted by Crippen LogP contribution is -1.95.